The number of piperidine rings is 1. The Balaban J connectivity index is 2.07. The van der Waals surface area contributed by atoms with E-state index < -0.39 is 11.2 Å². The zero-order chi connectivity index (χ0) is 17.7. The zero-order valence-electron chi connectivity index (χ0n) is 14.5. The molecule has 6 heteroatoms. The van der Waals surface area contributed by atoms with Gasteiger partial charge in [0.05, 0.1) is 12.0 Å². The third kappa shape index (κ3) is 4.12. The van der Waals surface area contributed by atoms with Gasteiger partial charge < -0.3 is 15.0 Å². The topological polar surface area (TPSA) is 58.6 Å². The Labute approximate surface area is 142 Å². The number of carbonyl (C=O) groups excluding carboxylic acids is 2. The lowest BCUT2D eigenvalue weighted by Gasteiger charge is -2.39. The van der Waals surface area contributed by atoms with Gasteiger partial charge in [-0.25, -0.2) is 4.39 Å². The van der Waals surface area contributed by atoms with Crippen LogP contribution in [0.2, 0.25) is 0 Å². The van der Waals surface area contributed by atoms with Crippen molar-refractivity contribution >= 4 is 11.8 Å². The highest BCUT2D eigenvalue weighted by molar-refractivity contribution is 5.95. The third-order valence-electron chi connectivity index (χ3n) is 4.54. The number of hydrogen-bond acceptors (Lipinski definition) is 3. The molecule has 24 heavy (non-hydrogen) atoms. The van der Waals surface area contributed by atoms with Crippen molar-refractivity contribution in [2.75, 3.05) is 33.4 Å². The highest BCUT2D eigenvalue weighted by Gasteiger charge is 2.39. The van der Waals surface area contributed by atoms with Crippen LogP contribution in [0.3, 0.4) is 0 Å². The molecule has 0 saturated carbocycles. The van der Waals surface area contributed by atoms with Gasteiger partial charge in [-0.05, 0) is 44.4 Å². The molecule has 0 aromatic heterocycles. The maximum atomic E-state index is 13.7. The summed E-state index contributed by atoms with van der Waals surface area (Å²) in [6, 6.07) is 4.50. The Bertz CT molecular complexity index is 620. The number of aryl methyl sites for hydroxylation is 1. The molecule has 1 atom stereocenters. The van der Waals surface area contributed by atoms with Crippen LogP contribution in [0.4, 0.5) is 4.39 Å². The first-order valence-electron chi connectivity index (χ1n) is 8.20. The predicted molar refractivity (Wildman–Crippen MR) is 89.3 cm³/mol. The Kier molecular flexibility index (Phi) is 5.94. The van der Waals surface area contributed by atoms with E-state index >= 15 is 0 Å². The van der Waals surface area contributed by atoms with E-state index in [4.69, 9.17) is 4.74 Å². The fourth-order valence-electron chi connectivity index (χ4n) is 2.99. The minimum absolute atomic E-state index is 0.0767. The lowest BCUT2D eigenvalue weighted by molar-refractivity contribution is -0.132. The summed E-state index contributed by atoms with van der Waals surface area (Å²) in [7, 11) is 1.58. The second-order valence-electron chi connectivity index (χ2n) is 6.60. The molecular formula is C18H25FN2O3. The first-order valence-corrected chi connectivity index (χ1v) is 8.20. The van der Waals surface area contributed by atoms with Gasteiger partial charge in [0.2, 0.25) is 5.91 Å². The van der Waals surface area contributed by atoms with Gasteiger partial charge in [0.25, 0.3) is 5.91 Å². The van der Waals surface area contributed by atoms with Crippen molar-refractivity contribution in [2.24, 2.45) is 5.41 Å². The first kappa shape index (κ1) is 18.4. The van der Waals surface area contributed by atoms with Crippen LogP contribution in [0.25, 0.3) is 0 Å². The number of methoxy groups -OCH3 is 1. The van der Waals surface area contributed by atoms with E-state index in [0.717, 1.165) is 12.8 Å². The van der Waals surface area contributed by atoms with Crippen molar-refractivity contribution in [3.05, 3.63) is 35.1 Å². The number of rotatable bonds is 5. The van der Waals surface area contributed by atoms with Gasteiger partial charge in [0.15, 0.2) is 0 Å². The zero-order valence-corrected chi connectivity index (χ0v) is 14.5. The average molecular weight is 336 g/mol. The fourth-order valence-corrected chi connectivity index (χ4v) is 2.99. The third-order valence-corrected chi connectivity index (χ3v) is 4.54. The second-order valence-corrected chi connectivity index (χ2v) is 6.60. The Morgan fingerprint density at radius 3 is 2.83 bits per heavy atom. The van der Waals surface area contributed by atoms with Crippen LogP contribution < -0.4 is 5.32 Å². The van der Waals surface area contributed by atoms with Gasteiger partial charge in [0, 0.05) is 32.3 Å². The summed E-state index contributed by atoms with van der Waals surface area (Å²) in [6.45, 7) is 5.33. The number of benzene rings is 1. The SMILES string of the molecule is COCCNC(=O)C1(C)CCCN(C(=O)c2ccc(C)c(F)c2)C1. The smallest absolute Gasteiger partial charge is 0.253 e. The minimum Gasteiger partial charge on any atom is -0.383 e. The summed E-state index contributed by atoms with van der Waals surface area (Å²) in [5, 5.41) is 2.85. The van der Waals surface area contributed by atoms with E-state index in [1.54, 1.807) is 31.1 Å². The highest BCUT2D eigenvalue weighted by atomic mass is 19.1. The number of nitrogens with one attached hydrogen (secondary N) is 1. The highest BCUT2D eigenvalue weighted by Crippen LogP contribution is 2.30. The number of halogens is 1. The van der Waals surface area contributed by atoms with E-state index in [1.165, 1.54) is 6.07 Å². The molecule has 0 radical (unpaired) electrons. The van der Waals surface area contributed by atoms with Crippen molar-refractivity contribution in [1.29, 1.82) is 0 Å². The fraction of sp³-hybridized carbons (Fsp3) is 0.556. The Hall–Kier alpha value is -1.95. The quantitative estimate of drug-likeness (QED) is 0.838. The lowest BCUT2D eigenvalue weighted by atomic mass is 9.80. The van der Waals surface area contributed by atoms with Crippen molar-refractivity contribution in [1.82, 2.24) is 10.2 Å². The van der Waals surface area contributed by atoms with E-state index in [2.05, 4.69) is 5.32 Å². The molecule has 2 rings (SSSR count). The van der Waals surface area contributed by atoms with Crippen molar-refractivity contribution in [2.45, 2.75) is 26.7 Å². The average Bonchev–Trinajstić information content (AvgIpc) is 2.57. The predicted octanol–water partition coefficient (Wildman–Crippen LogP) is 2.14. The van der Waals surface area contributed by atoms with Gasteiger partial charge in [-0.1, -0.05) is 6.07 Å². The molecule has 132 valence electrons. The number of ether oxygens (including phenoxy) is 1. The van der Waals surface area contributed by atoms with Crippen molar-refractivity contribution in [3.63, 3.8) is 0 Å². The first-order chi connectivity index (χ1) is 11.4. The standard InChI is InChI=1S/C18H25FN2O3/c1-13-5-6-14(11-15(13)19)16(22)21-9-4-7-18(2,12-21)17(23)20-8-10-24-3/h5-6,11H,4,7-10,12H2,1-3H3,(H,20,23). The number of amides is 2. The second kappa shape index (κ2) is 7.75. The largest absolute Gasteiger partial charge is 0.383 e. The van der Waals surface area contributed by atoms with E-state index in [-0.39, 0.29) is 11.8 Å². The molecule has 0 bridgehead atoms. The summed E-state index contributed by atoms with van der Waals surface area (Å²) >= 11 is 0. The van der Waals surface area contributed by atoms with Gasteiger partial charge >= 0.3 is 0 Å². The molecule has 1 aliphatic heterocycles. The Morgan fingerprint density at radius 2 is 2.17 bits per heavy atom. The molecule has 0 spiro atoms. The summed E-state index contributed by atoms with van der Waals surface area (Å²) < 4.78 is 18.6. The van der Waals surface area contributed by atoms with Gasteiger partial charge in [-0.3, -0.25) is 9.59 Å². The van der Waals surface area contributed by atoms with Crippen molar-refractivity contribution in [3.8, 4) is 0 Å². The van der Waals surface area contributed by atoms with Gasteiger partial charge in [-0.2, -0.15) is 0 Å². The summed E-state index contributed by atoms with van der Waals surface area (Å²) in [4.78, 5) is 26.7. The van der Waals surface area contributed by atoms with Gasteiger partial charge in [0.1, 0.15) is 5.82 Å². The van der Waals surface area contributed by atoms with Crippen LogP contribution in [0, 0.1) is 18.2 Å². The molecule has 5 nitrogen and oxygen atoms in total. The maximum absolute atomic E-state index is 13.7. The van der Waals surface area contributed by atoms with Crippen LogP contribution in [0.1, 0.15) is 35.7 Å². The van der Waals surface area contributed by atoms with Crippen LogP contribution in [-0.2, 0) is 9.53 Å². The number of carbonyl (C=O) groups is 2. The molecule has 1 unspecified atom stereocenters. The van der Waals surface area contributed by atoms with Crippen LogP contribution in [0.15, 0.2) is 18.2 Å². The van der Waals surface area contributed by atoms with E-state index in [0.29, 0.717) is 37.4 Å². The summed E-state index contributed by atoms with van der Waals surface area (Å²) in [6.07, 6.45) is 1.46. The minimum atomic E-state index is -0.634. The van der Waals surface area contributed by atoms with Gasteiger partial charge in [-0.15, -0.1) is 0 Å². The monoisotopic (exact) mass is 336 g/mol. The lowest BCUT2D eigenvalue weighted by Crippen LogP contribution is -2.52. The molecule has 1 saturated heterocycles. The summed E-state index contributed by atoms with van der Waals surface area (Å²) in [5.41, 5.74) is 0.194. The molecule has 1 aromatic carbocycles. The number of nitrogens with zero attached hydrogens (tertiary/aromatic N) is 1. The normalized spacial score (nSPS) is 20.8. The van der Waals surface area contributed by atoms with E-state index in [1.807, 2.05) is 6.92 Å². The maximum Gasteiger partial charge on any atom is 0.253 e. The number of likely N-dealkylation sites (tertiary alicyclic amines) is 1. The van der Waals surface area contributed by atoms with Crippen LogP contribution in [0.5, 0.6) is 0 Å². The van der Waals surface area contributed by atoms with Crippen LogP contribution >= 0.6 is 0 Å². The molecule has 1 aliphatic rings. The molecular weight excluding hydrogens is 311 g/mol. The Morgan fingerprint density at radius 1 is 1.42 bits per heavy atom. The molecule has 1 heterocycles. The molecule has 0 aliphatic carbocycles. The number of hydrogen-bond donors (Lipinski definition) is 1. The molecule has 1 N–H and O–H groups in total. The molecule has 2 amide bonds. The van der Waals surface area contributed by atoms with Crippen molar-refractivity contribution < 1.29 is 18.7 Å². The van der Waals surface area contributed by atoms with Crippen LogP contribution in [-0.4, -0.2) is 50.1 Å². The van der Waals surface area contributed by atoms with E-state index in [9.17, 15) is 14.0 Å². The molecule has 1 fully saturated rings. The summed E-state index contributed by atoms with van der Waals surface area (Å²) in [5.74, 6) is -0.699. The molecule has 1 aromatic rings.